The lowest BCUT2D eigenvalue weighted by Crippen LogP contribution is -2.26. The van der Waals surface area contributed by atoms with Gasteiger partial charge < -0.3 is 10.1 Å². The first-order valence-corrected chi connectivity index (χ1v) is 11.7. The Kier molecular flexibility index (Phi) is 6.91. The monoisotopic (exact) mass is 489 g/mol. The van der Waals surface area contributed by atoms with Gasteiger partial charge in [-0.1, -0.05) is 32.9 Å². The maximum absolute atomic E-state index is 13.0. The number of nitrogens with one attached hydrogen (secondary N) is 1. The highest BCUT2D eigenvalue weighted by Crippen LogP contribution is 2.42. The van der Waals surface area contributed by atoms with Crippen LogP contribution < -0.4 is 10.1 Å². The summed E-state index contributed by atoms with van der Waals surface area (Å²) in [5.41, 5.74) is 1.28. The Balaban J connectivity index is 1.23. The van der Waals surface area contributed by atoms with Gasteiger partial charge in [-0.2, -0.15) is 23.4 Å². The van der Waals surface area contributed by atoms with Crippen molar-refractivity contribution in [2.75, 3.05) is 6.54 Å². The van der Waals surface area contributed by atoms with E-state index in [1.54, 1.807) is 12.3 Å². The van der Waals surface area contributed by atoms with Gasteiger partial charge >= 0.3 is 6.18 Å². The molecule has 0 atom stereocenters. The minimum atomic E-state index is -4.46. The number of hydrogen-bond donors (Lipinski definition) is 1. The largest absolute Gasteiger partial charge is 0.471 e. The highest BCUT2D eigenvalue weighted by Gasteiger charge is 2.37. The van der Waals surface area contributed by atoms with Crippen molar-refractivity contribution >= 4 is 5.91 Å². The molecule has 35 heavy (non-hydrogen) atoms. The molecule has 1 aliphatic carbocycles. The molecular weight excluding hydrogens is 459 g/mol. The van der Waals surface area contributed by atoms with E-state index in [0.29, 0.717) is 31.0 Å². The predicted octanol–water partition coefficient (Wildman–Crippen LogP) is 5.13. The quantitative estimate of drug-likeness (QED) is 0.423. The van der Waals surface area contributed by atoms with E-state index in [9.17, 15) is 18.0 Å². The van der Waals surface area contributed by atoms with Crippen molar-refractivity contribution in [2.45, 2.75) is 70.8 Å². The second-order valence-electron chi connectivity index (χ2n) is 9.85. The molecule has 4 rings (SSSR count). The van der Waals surface area contributed by atoms with Gasteiger partial charge in [-0.05, 0) is 54.5 Å². The van der Waals surface area contributed by atoms with Crippen LogP contribution in [0.15, 0.2) is 42.6 Å². The van der Waals surface area contributed by atoms with Crippen molar-refractivity contribution in [3.05, 3.63) is 65.2 Å². The molecule has 1 aromatic carbocycles. The first-order valence-electron chi connectivity index (χ1n) is 11.7. The van der Waals surface area contributed by atoms with E-state index in [1.807, 2.05) is 24.3 Å². The molecule has 0 spiro atoms. The fraction of sp³-hybridized carbons (Fsp3) is 0.480. The van der Waals surface area contributed by atoms with Crippen LogP contribution >= 0.6 is 0 Å². The molecule has 3 aromatic rings. The third-order valence-electron chi connectivity index (χ3n) is 5.89. The summed E-state index contributed by atoms with van der Waals surface area (Å²) in [7, 11) is 0. The number of ether oxygens (including phenoxy) is 1. The van der Waals surface area contributed by atoms with E-state index in [1.165, 1.54) is 14.9 Å². The smallest absolute Gasteiger partial charge is 0.435 e. The minimum Gasteiger partial charge on any atom is -0.471 e. The Morgan fingerprint density at radius 3 is 2.46 bits per heavy atom. The van der Waals surface area contributed by atoms with Crippen LogP contribution in [0.1, 0.15) is 73.4 Å². The predicted molar refractivity (Wildman–Crippen MR) is 124 cm³/mol. The van der Waals surface area contributed by atoms with Crippen LogP contribution in [0.25, 0.3) is 0 Å². The number of carbonyl (C=O) groups is 1. The molecule has 1 amide bonds. The molecule has 0 saturated heterocycles. The maximum Gasteiger partial charge on any atom is 0.435 e. The Morgan fingerprint density at radius 2 is 1.83 bits per heavy atom. The number of benzene rings is 1. The maximum atomic E-state index is 13.0. The average molecular weight is 490 g/mol. The fourth-order valence-electron chi connectivity index (χ4n) is 3.72. The Hall–Kier alpha value is -3.30. The molecule has 10 heteroatoms. The zero-order chi connectivity index (χ0) is 25.2. The fourth-order valence-corrected chi connectivity index (χ4v) is 3.72. The second kappa shape index (κ2) is 9.75. The molecule has 2 aromatic heterocycles. The normalized spacial score (nSPS) is 14.2. The number of nitrogens with zero attached hydrogens (tertiary/aromatic N) is 4. The van der Waals surface area contributed by atoms with Gasteiger partial charge in [-0.25, -0.2) is 4.68 Å². The summed E-state index contributed by atoms with van der Waals surface area (Å²) >= 11 is 0. The number of halogens is 3. The number of rotatable bonds is 9. The van der Waals surface area contributed by atoms with E-state index in [4.69, 9.17) is 4.74 Å². The number of hydrogen-bond acceptors (Lipinski definition) is 4. The lowest BCUT2D eigenvalue weighted by molar-refractivity contribution is -0.141. The number of carbonyl (C=O) groups excluding carboxylic acids is 1. The minimum absolute atomic E-state index is 0.0622. The molecule has 1 fully saturated rings. The van der Waals surface area contributed by atoms with Crippen molar-refractivity contribution in [2.24, 2.45) is 0 Å². The SMILES string of the molecule is CC(C)(C)c1ccc(OCn2ccc(C(=O)NCCCn3nc(C(F)(F)F)cc3C3CC3)n2)cc1. The van der Waals surface area contributed by atoms with Crippen LogP contribution in [0.2, 0.25) is 0 Å². The molecular formula is C25H30F3N5O2. The summed E-state index contributed by atoms with van der Waals surface area (Å²) in [5, 5.41) is 10.7. The van der Waals surface area contributed by atoms with Crippen LogP contribution in [-0.4, -0.2) is 32.0 Å². The highest BCUT2D eigenvalue weighted by atomic mass is 19.4. The standard InChI is InChI=1S/C25H30F3N5O2/c1-24(2,3)18-7-9-19(10-8-18)35-16-32-14-11-20(30-32)23(34)29-12-4-13-33-21(17-5-6-17)15-22(31-33)25(26,27)28/h7-11,14-15,17H,4-6,12-13,16H2,1-3H3,(H,29,34). The van der Waals surface area contributed by atoms with Crippen LogP contribution in [0.3, 0.4) is 0 Å². The van der Waals surface area contributed by atoms with Gasteiger partial charge in [-0.3, -0.25) is 9.48 Å². The second-order valence-corrected chi connectivity index (χ2v) is 9.85. The zero-order valence-electron chi connectivity index (χ0n) is 20.1. The highest BCUT2D eigenvalue weighted by molar-refractivity contribution is 5.92. The van der Waals surface area contributed by atoms with Crippen LogP contribution in [0, 0.1) is 0 Å². The van der Waals surface area contributed by atoms with Crippen molar-refractivity contribution < 1.29 is 22.7 Å². The third kappa shape index (κ3) is 6.43. The van der Waals surface area contributed by atoms with Crippen molar-refractivity contribution in [3.8, 4) is 5.75 Å². The van der Waals surface area contributed by atoms with Crippen LogP contribution in [0.5, 0.6) is 5.75 Å². The number of alkyl halides is 3. The molecule has 1 saturated carbocycles. The van der Waals surface area contributed by atoms with Crippen molar-refractivity contribution in [1.29, 1.82) is 0 Å². The molecule has 0 radical (unpaired) electrons. The molecule has 2 heterocycles. The lowest BCUT2D eigenvalue weighted by atomic mass is 9.87. The van der Waals surface area contributed by atoms with E-state index in [0.717, 1.165) is 18.9 Å². The van der Waals surface area contributed by atoms with Crippen LogP contribution in [0.4, 0.5) is 13.2 Å². The number of aromatic nitrogens is 4. The first kappa shape index (κ1) is 24.8. The summed E-state index contributed by atoms with van der Waals surface area (Å²) in [6, 6.07) is 10.6. The van der Waals surface area contributed by atoms with Crippen LogP contribution in [-0.2, 0) is 24.9 Å². The van der Waals surface area contributed by atoms with Gasteiger partial charge in [0.2, 0.25) is 0 Å². The van der Waals surface area contributed by atoms with E-state index >= 15 is 0 Å². The van der Waals surface area contributed by atoms with Gasteiger partial charge in [0, 0.05) is 30.9 Å². The molecule has 188 valence electrons. The lowest BCUT2D eigenvalue weighted by Gasteiger charge is -2.19. The molecule has 1 aliphatic rings. The van der Waals surface area contributed by atoms with Gasteiger partial charge in [0.25, 0.3) is 5.91 Å². The summed E-state index contributed by atoms with van der Waals surface area (Å²) in [6.07, 6.45) is -0.578. The topological polar surface area (TPSA) is 74.0 Å². The summed E-state index contributed by atoms with van der Waals surface area (Å²) in [6.45, 7) is 7.20. The van der Waals surface area contributed by atoms with Gasteiger partial charge in [0.15, 0.2) is 12.4 Å². The van der Waals surface area contributed by atoms with Gasteiger partial charge in [0.1, 0.15) is 11.4 Å². The van der Waals surface area contributed by atoms with Gasteiger partial charge in [0.05, 0.1) is 0 Å². The average Bonchev–Trinajstić information content (AvgIpc) is 3.35. The Morgan fingerprint density at radius 1 is 1.11 bits per heavy atom. The Labute approximate surface area is 202 Å². The van der Waals surface area contributed by atoms with E-state index in [2.05, 4.69) is 36.3 Å². The van der Waals surface area contributed by atoms with E-state index < -0.39 is 11.9 Å². The summed E-state index contributed by atoms with van der Waals surface area (Å²) in [5.74, 6) is 0.505. The molecule has 1 N–H and O–H groups in total. The van der Waals surface area contributed by atoms with Gasteiger partial charge in [-0.15, -0.1) is 0 Å². The number of amides is 1. The summed E-state index contributed by atoms with van der Waals surface area (Å²) in [4.78, 5) is 12.4. The third-order valence-corrected chi connectivity index (χ3v) is 5.89. The molecule has 0 aliphatic heterocycles. The van der Waals surface area contributed by atoms with E-state index in [-0.39, 0.29) is 29.7 Å². The van der Waals surface area contributed by atoms with Crippen molar-refractivity contribution in [3.63, 3.8) is 0 Å². The Bertz CT molecular complexity index is 1160. The zero-order valence-corrected chi connectivity index (χ0v) is 20.1. The molecule has 0 bridgehead atoms. The molecule has 7 nitrogen and oxygen atoms in total. The first-order chi connectivity index (χ1) is 16.5. The number of aryl methyl sites for hydroxylation is 1. The van der Waals surface area contributed by atoms with Crippen molar-refractivity contribution in [1.82, 2.24) is 24.9 Å². The molecule has 0 unspecified atom stereocenters. The summed E-state index contributed by atoms with van der Waals surface area (Å²) < 4.78 is 47.7.